The molecular formula is C18H34O6. The van der Waals surface area contributed by atoms with Crippen molar-refractivity contribution in [2.75, 3.05) is 13.2 Å². The van der Waals surface area contributed by atoms with Crippen molar-refractivity contribution in [2.45, 2.75) is 89.9 Å². The Kier molecular flexibility index (Phi) is 16.8. The van der Waals surface area contributed by atoms with Gasteiger partial charge in [0.2, 0.25) is 0 Å². The van der Waals surface area contributed by atoms with Crippen molar-refractivity contribution in [1.82, 2.24) is 0 Å². The van der Waals surface area contributed by atoms with Gasteiger partial charge >= 0.3 is 12.3 Å². The fourth-order valence-corrected chi connectivity index (χ4v) is 2.64. The number of ether oxygens (including phenoxy) is 2. The lowest BCUT2D eigenvalue weighted by atomic mass is 10.0. The van der Waals surface area contributed by atoms with E-state index in [1.165, 1.54) is 51.4 Å². The van der Waals surface area contributed by atoms with Crippen LogP contribution in [0.3, 0.4) is 0 Å². The van der Waals surface area contributed by atoms with Gasteiger partial charge in [-0.2, -0.15) is 0 Å². The number of carbonyl (C=O) groups is 2. The van der Waals surface area contributed by atoms with Crippen molar-refractivity contribution in [3.63, 3.8) is 0 Å². The van der Waals surface area contributed by atoms with Crippen LogP contribution in [0.25, 0.3) is 0 Å². The molecule has 0 amide bonds. The number of unbranched alkanes of at least 4 members (excludes halogenated alkanes) is 13. The van der Waals surface area contributed by atoms with Gasteiger partial charge in [0.25, 0.3) is 0 Å². The van der Waals surface area contributed by atoms with Crippen molar-refractivity contribution in [3.05, 3.63) is 0 Å². The maximum atomic E-state index is 10.1. The van der Waals surface area contributed by atoms with E-state index in [4.69, 9.17) is 10.2 Å². The van der Waals surface area contributed by atoms with E-state index in [9.17, 15) is 9.59 Å². The smallest absolute Gasteiger partial charge is 0.450 e. The Morgan fingerprint density at radius 1 is 0.458 bits per heavy atom. The van der Waals surface area contributed by atoms with Crippen LogP contribution < -0.4 is 0 Å². The van der Waals surface area contributed by atoms with Crippen molar-refractivity contribution < 1.29 is 29.3 Å². The van der Waals surface area contributed by atoms with Crippen molar-refractivity contribution >= 4 is 12.3 Å². The molecule has 0 aromatic heterocycles. The average Bonchev–Trinajstić information content (AvgIpc) is 2.53. The minimum absolute atomic E-state index is 0.321. The minimum Gasteiger partial charge on any atom is -0.450 e. The Balaban J connectivity index is 3.00. The first kappa shape index (κ1) is 22.5. The third-order valence-corrected chi connectivity index (χ3v) is 3.99. The quantitative estimate of drug-likeness (QED) is 0.254. The molecule has 6 heteroatoms. The first-order valence-electron chi connectivity index (χ1n) is 9.34. The predicted octanol–water partition coefficient (Wildman–Crippen LogP) is 5.84. The third kappa shape index (κ3) is 20.5. The minimum atomic E-state index is -1.18. The van der Waals surface area contributed by atoms with Gasteiger partial charge in [0.15, 0.2) is 0 Å². The van der Waals surface area contributed by atoms with E-state index in [1.54, 1.807) is 0 Å². The topological polar surface area (TPSA) is 93.1 Å². The highest BCUT2D eigenvalue weighted by Crippen LogP contribution is 2.13. The van der Waals surface area contributed by atoms with Gasteiger partial charge in [-0.3, -0.25) is 0 Å². The molecule has 0 aromatic rings. The highest BCUT2D eigenvalue weighted by Gasteiger charge is 1.97. The highest BCUT2D eigenvalue weighted by atomic mass is 16.7. The van der Waals surface area contributed by atoms with Crippen LogP contribution in [0.15, 0.2) is 0 Å². The second-order valence-corrected chi connectivity index (χ2v) is 6.18. The molecule has 0 atom stereocenters. The van der Waals surface area contributed by atoms with Crippen molar-refractivity contribution in [1.29, 1.82) is 0 Å². The molecule has 0 saturated carbocycles. The fourth-order valence-electron chi connectivity index (χ4n) is 2.64. The van der Waals surface area contributed by atoms with Gasteiger partial charge in [-0.15, -0.1) is 0 Å². The van der Waals surface area contributed by atoms with E-state index in [1.807, 2.05) is 0 Å². The van der Waals surface area contributed by atoms with Gasteiger partial charge < -0.3 is 19.7 Å². The molecule has 2 N–H and O–H groups in total. The summed E-state index contributed by atoms with van der Waals surface area (Å²) in [6.45, 7) is 0.643. The van der Waals surface area contributed by atoms with Crippen LogP contribution in [0.4, 0.5) is 9.59 Å². The predicted molar refractivity (Wildman–Crippen MR) is 92.6 cm³/mol. The van der Waals surface area contributed by atoms with E-state index < -0.39 is 12.3 Å². The largest absolute Gasteiger partial charge is 0.505 e. The second kappa shape index (κ2) is 17.9. The standard InChI is InChI=1S/C18H34O6/c19-17(20)23-15-13-11-9-7-5-3-1-2-4-6-8-10-12-14-16-24-18(21)22/h1-16H2,(H,19,20)(H,21,22). The Bertz CT molecular complexity index is 276. The first-order valence-corrected chi connectivity index (χ1v) is 9.34. The van der Waals surface area contributed by atoms with E-state index >= 15 is 0 Å². The molecule has 0 unspecified atom stereocenters. The lowest BCUT2D eigenvalue weighted by molar-refractivity contribution is 0.0887. The average molecular weight is 346 g/mol. The van der Waals surface area contributed by atoms with E-state index in [2.05, 4.69) is 9.47 Å². The summed E-state index contributed by atoms with van der Waals surface area (Å²) in [6.07, 6.45) is 13.9. The molecule has 0 radical (unpaired) electrons. The van der Waals surface area contributed by atoms with Gasteiger partial charge in [0.1, 0.15) is 0 Å². The molecule has 0 aliphatic heterocycles. The van der Waals surface area contributed by atoms with E-state index in [-0.39, 0.29) is 0 Å². The van der Waals surface area contributed by atoms with E-state index in [0.29, 0.717) is 13.2 Å². The number of rotatable bonds is 17. The van der Waals surface area contributed by atoms with Crippen LogP contribution >= 0.6 is 0 Å². The molecule has 24 heavy (non-hydrogen) atoms. The summed E-state index contributed by atoms with van der Waals surface area (Å²) in [5.41, 5.74) is 0. The monoisotopic (exact) mass is 346 g/mol. The molecule has 6 nitrogen and oxygen atoms in total. The molecular weight excluding hydrogens is 312 g/mol. The summed E-state index contributed by atoms with van der Waals surface area (Å²) < 4.78 is 8.91. The van der Waals surface area contributed by atoms with Crippen LogP contribution in [-0.4, -0.2) is 35.7 Å². The van der Waals surface area contributed by atoms with Gasteiger partial charge in [0, 0.05) is 0 Å². The maximum absolute atomic E-state index is 10.1. The van der Waals surface area contributed by atoms with Gasteiger partial charge in [-0.25, -0.2) is 9.59 Å². The van der Waals surface area contributed by atoms with Crippen LogP contribution in [0.2, 0.25) is 0 Å². The summed E-state index contributed by atoms with van der Waals surface area (Å²) in [5.74, 6) is 0. The Hall–Kier alpha value is -1.46. The molecule has 0 heterocycles. The summed E-state index contributed by atoms with van der Waals surface area (Å²) >= 11 is 0. The molecule has 0 aliphatic carbocycles. The first-order chi connectivity index (χ1) is 11.6. The molecule has 0 fully saturated rings. The zero-order valence-corrected chi connectivity index (χ0v) is 14.8. The molecule has 0 aromatic carbocycles. The van der Waals surface area contributed by atoms with Crippen LogP contribution in [0, 0.1) is 0 Å². The van der Waals surface area contributed by atoms with Crippen LogP contribution in [0.1, 0.15) is 89.9 Å². The summed E-state index contributed by atoms with van der Waals surface area (Å²) in [4.78, 5) is 20.3. The number of hydrogen-bond acceptors (Lipinski definition) is 4. The zero-order chi connectivity index (χ0) is 17.9. The molecule has 0 saturated heterocycles. The van der Waals surface area contributed by atoms with Gasteiger partial charge in [-0.1, -0.05) is 77.0 Å². The fraction of sp³-hybridized carbons (Fsp3) is 0.889. The van der Waals surface area contributed by atoms with Crippen LogP contribution in [-0.2, 0) is 9.47 Å². The Morgan fingerprint density at radius 2 is 0.667 bits per heavy atom. The maximum Gasteiger partial charge on any atom is 0.505 e. The third-order valence-electron chi connectivity index (χ3n) is 3.99. The Labute approximate surface area is 145 Å². The normalized spacial score (nSPS) is 10.5. The molecule has 0 aliphatic rings. The molecule has 0 bridgehead atoms. The number of carboxylic acid groups (broad SMARTS) is 2. The summed E-state index contributed by atoms with van der Waals surface area (Å²) in [6, 6.07) is 0. The SMILES string of the molecule is O=C(O)OCCCCCCCCCCCCCCCCOC(=O)O. The lowest BCUT2D eigenvalue weighted by Crippen LogP contribution is -2.01. The summed E-state index contributed by atoms with van der Waals surface area (Å²) in [7, 11) is 0. The second-order valence-electron chi connectivity index (χ2n) is 6.18. The van der Waals surface area contributed by atoms with Crippen LogP contribution in [0.5, 0.6) is 0 Å². The molecule has 0 spiro atoms. The van der Waals surface area contributed by atoms with E-state index in [0.717, 1.165) is 38.5 Å². The van der Waals surface area contributed by atoms with Gasteiger partial charge in [-0.05, 0) is 12.8 Å². The summed E-state index contributed by atoms with van der Waals surface area (Å²) in [5, 5.41) is 16.6. The van der Waals surface area contributed by atoms with Crippen molar-refractivity contribution in [3.8, 4) is 0 Å². The molecule has 142 valence electrons. The van der Waals surface area contributed by atoms with Gasteiger partial charge in [0.05, 0.1) is 13.2 Å². The lowest BCUT2D eigenvalue weighted by Gasteiger charge is -2.04. The molecule has 0 rings (SSSR count). The number of hydrogen-bond donors (Lipinski definition) is 2. The highest BCUT2D eigenvalue weighted by molar-refractivity contribution is 5.56. The zero-order valence-electron chi connectivity index (χ0n) is 14.8. The van der Waals surface area contributed by atoms with Crippen molar-refractivity contribution in [2.24, 2.45) is 0 Å². The Morgan fingerprint density at radius 3 is 0.875 bits per heavy atom.